The zero-order chi connectivity index (χ0) is 20.9. The lowest BCUT2D eigenvalue weighted by Crippen LogP contribution is -2.40. The molecule has 2 aromatic heterocycles. The molecule has 0 aliphatic heterocycles. The molecule has 1 aliphatic rings. The summed E-state index contributed by atoms with van der Waals surface area (Å²) in [5.41, 5.74) is 14.7. The maximum Gasteiger partial charge on any atom is 0.150 e. The Morgan fingerprint density at radius 1 is 1.13 bits per heavy atom. The van der Waals surface area contributed by atoms with Crippen LogP contribution >= 0.6 is 0 Å². The predicted molar refractivity (Wildman–Crippen MR) is 116 cm³/mol. The highest BCUT2D eigenvalue weighted by atomic mass is 16.5. The van der Waals surface area contributed by atoms with Crippen molar-refractivity contribution in [1.29, 1.82) is 0 Å². The standard InChI is InChI=1S/C23H23N5O2/c1-23(29)12-15(13-23)22-27-19(20-21(25)26-9-10-28(20)22)14-7-8-18(17(24)11-14)30-16-5-3-2-4-6-16/h2-11,15,29H,12-13,24H2,1H3,(H2,25,26)/t15-,23+. The second kappa shape index (κ2) is 6.74. The fourth-order valence-corrected chi connectivity index (χ4v) is 4.16. The highest BCUT2D eigenvalue weighted by Crippen LogP contribution is 2.45. The molecule has 4 aromatic rings. The van der Waals surface area contributed by atoms with Gasteiger partial charge in [0.2, 0.25) is 0 Å². The highest BCUT2D eigenvalue weighted by molar-refractivity contribution is 5.87. The van der Waals surface area contributed by atoms with E-state index in [1.165, 1.54) is 0 Å². The first kappa shape index (κ1) is 18.4. The summed E-state index contributed by atoms with van der Waals surface area (Å²) in [4.78, 5) is 9.14. The molecule has 0 amide bonds. The topological polar surface area (TPSA) is 112 Å². The van der Waals surface area contributed by atoms with Crippen LogP contribution in [0, 0.1) is 0 Å². The maximum absolute atomic E-state index is 10.2. The van der Waals surface area contributed by atoms with Crippen LogP contribution in [-0.2, 0) is 0 Å². The van der Waals surface area contributed by atoms with Crippen molar-refractivity contribution in [2.75, 3.05) is 11.5 Å². The van der Waals surface area contributed by atoms with E-state index in [4.69, 9.17) is 21.2 Å². The molecule has 0 bridgehead atoms. The van der Waals surface area contributed by atoms with Gasteiger partial charge in [-0.2, -0.15) is 0 Å². The molecule has 2 aromatic carbocycles. The summed E-state index contributed by atoms with van der Waals surface area (Å²) >= 11 is 0. The Kier molecular flexibility index (Phi) is 4.15. The molecule has 1 aliphatic carbocycles. The SMILES string of the molecule is C[C@]1(O)C[C@@H](c2nc(-c3ccc(Oc4ccccc4)c(N)c3)c3c(N)nccn32)C1. The van der Waals surface area contributed by atoms with Crippen LogP contribution < -0.4 is 16.2 Å². The van der Waals surface area contributed by atoms with Crippen LogP contribution in [0.1, 0.15) is 31.5 Å². The van der Waals surface area contributed by atoms with Crippen LogP contribution in [0.25, 0.3) is 16.8 Å². The molecule has 2 heterocycles. The number of imidazole rings is 1. The van der Waals surface area contributed by atoms with E-state index in [1.54, 1.807) is 6.20 Å². The van der Waals surface area contributed by atoms with Crippen LogP contribution in [0.4, 0.5) is 11.5 Å². The summed E-state index contributed by atoms with van der Waals surface area (Å²) in [6.45, 7) is 1.85. The van der Waals surface area contributed by atoms with E-state index in [-0.39, 0.29) is 5.92 Å². The molecule has 0 atom stereocenters. The summed E-state index contributed by atoms with van der Waals surface area (Å²) in [6, 6.07) is 15.1. The highest BCUT2D eigenvalue weighted by Gasteiger charge is 2.41. The Hall–Kier alpha value is -3.58. The quantitative estimate of drug-likeness (QED) is 0.446. The van der Waals surface area contributed by atoms with Crippen LogP contribution in [0.15, 0.2) is 60.9 Å². The predicted octanol–water partition coefficient (Wildman–Crippen LogP) is 3.98. The third-order valence-electron chi connectivity index (χ3n) is 5.60. The number of hydrogen-bond acceptors (Lipinski definition) is 6. The van der Waals surface area contributed by atoms with Gasteiger partial charge in [-0.3, -0.25) is 4.40 Å². The van der Waals surface area contributed by atoms with Gasteiger partial charge in [0.25, 0.3) is 0 Å². The first-order chi connectivity index (χ1) is 14.4. The van der Waals surface area contributed by atoms with Crippen molar-refractivity contribution >= 4 is 17.0 Å². The van der Waals surface area contributed by atoms with Crippen molar-refractivity contribution in [2.24, 2.45) is 0 Å². The van der Waals surface area contributed by atoms with Gasteiger partial charge in [-0.05, 0) is 50.1 Å². The van der Waals surface area contributed by atoms with Crippen LogP contribution in [0.5, 0.6) is 11.5 Å². The minimum atomic E-state index is -0.643. The Bertz CT molecular complexity index is 1230. The van der Waals surface area contributed by atoms with Crippen molar-refractivity contribution < 1.29 is 9.84 Å². The first-order valence-corrected chi connectivity index (χ1v) is 9.89. The lowest BCUT2D eigenvalue weighted by atomic mass is 9.72. The number of anilines is 2. The zero-order valence-electron chi connectivity index (χ0n) is 16.6. The fraction of sp³-hybridized carbons (Fsp3) is 0.217. The van der Waals surface area contributed by atoms with Crippen LogP contribution in [0.3, 0.4) is 0 Å². The molecule has 5 rings (SSSR count). The second-order valence-electron chi connectivity index (χ2n) is 8.12. The maximum atomic E-state index is 10.2. The van der Waals surface area contributed by atoms with Gasteiger partial charge in [0, 0.05) is 23.9 Å². The molecule has 152 valence electrons. The van der Waals surface area contributed by atoms with Crippen molar-refractivity contribution in [2.45, 2.75) is 31.3 Å². The van der Waals surface area contributed by atoms with Gasteiger partial charge >= 0.3 is 0 Å². The van der Waals surface area contributed by atoms with E-state index >= 15 is 0 Å². The number of aliphatic hydroxyl groups is 1. The van der Waals surface area contributed by atoms with Crippen molar-refractivity contribution in [3.05, 3.63) is 66.7 Å². The van der Waals surface area contributed by atoms with E-state index < -0.39 is 5.60 Å². The third-order valence-corrected chi connectivity index (χ3v) is 5.60. The molecule has 7 nitrogen and oxygen atoms in total. The molecule has 0 radical (unpaired) electrons. The van der Waals surface area contributed by atoms with Gasteiger partial charge in [-0.25, -0.2) is 9.97 Å². The molecule has 0 saturated heterocycles. The van der Waals surface area contributed by atoms with Crippen LogP contribution in [0.2, 0.25) is 0 Å². The van der Waals surface area contributed by atoms with Gasteiger partial charge < -0.3 is 21.3 Å². The Morgan fingerprint density at radius 2 is 1.90 bits per heavy atom. The summed E-state index contributed by atoms with van der Waals surface area (Å²) in [7, 11) is 0. The monoisotopic (exact) mass is 401 g/mol. The zero-order valence-corrected chi connectivity index (χ0v) is 16.6. The molecule has 0 unspecified atom stereocenters. The van der Waals surface area contributed by atoms with E-state index in [2.05, 4.69) is 4.98 Å². The molecular weight excluding hydrogens is 378 g/mol. The summed E-state index contributed by atoms with van der Waals surface area (Å²) in [5, 5.41) is 10.2. The number of aromatic nitrogens is 3. The van der Waals surface area contributed by atoms with E-state index in [9.17, 15) is 5.11 Å². The lowest BCUT2D eigenvalue weighted by Gasteiger charge is -2.40. The number of ether oxygens (including phenoxy) is 1. The van der Waals surface area contributed by atoms with Gasteiger partial charge in [-0.15, -0.1) is 0 Å². The van der Waals surface area contributed by atoms with Gasteiger partial charge in [-0.1, -0.05) is 18.2 Å². The summed E-state index contributed by atoms with van der Waals surface area (Å²) < 4.78 is 7.86. The molecule has 5 N–H and O–H groups in total. The van der Waals surface area contributed by atoms with Crippen LogP contribution in [-0.4, -0.2) is 25.1 Å². The smallest absolute Gasteiger partial charge is 0.150 e. The lowest BCUT2D eigenvalue weighted by molar-refractivity contribution is -0.0335. The minimum absolute atomic E-state index is 0.168. The number of rotatable bonds is 4. The molecule has 7 heteroatoms. The molecule has 1 saturated carbocycles. The largest absolute Gasteiger partial charge is 0.455 e. The molecule has 30 heavy (non-hydrogen) atoms. The number of fused-ring (bicyclic) bond motifs is 1. The number of benzene rings is 2. The van der Waals surface area contributed by atoms with Gasteiger partial charge in [0.05, 0.1) is 11.3 Å². The third kappa shape index (κ3) is 3.13. The number of nitrogens with zero attached hydrogens (tertiary/aromatic N) is 3. The van der Waals surface area contributed by atoms with E-state index in [0.29, 0.717) is 30.1 Å². The van der Waals surface area contributed by atoms with Crippen molar-refractivity contribution in [1.82, 2.24) is 14.4 Å². The Balaban J connectivity index is 1.55. The van der Waals surface area contributed by atoms with E-state index in [1.807, 2.05) is 66.1 Å². The fourth-order valence-electron chi connectivity index (χ4n) is 4.16. The molecule has 0 spiro atoms. The molecule has 1 fully saturated rings. The number of nitrogen functional groups attached to an aromatic ring is 2. The minimum Gasteiger partial charge on any atom is -0.455 e. The Labute approximate surface area is 174 Å². The normalized spacial score (nSPS) is 20.8. The summed E-state index contributed by atoms with van der Waals surface area (Å²) in [6.07, 6.45) is 4.86. The average Bonchev–Trinajstić information content (AvgIpc) is 3.09. The number of nitrogens with two attached hydrogens (primary N) is 2. The number of para-hydroxylation sites is 1. The first-order valence-electron chi connectivity index (χ1n) is 9.89. The van der Waals surface area contributed by atoms with Gasteiger partial charge in [0.15, 0.2) is 0 Å². The van der Waals surface area contributed by atoms with E-state index in [0.717, 1.165) is 28.3 Å². The second-order valence-corrected chi connectivity index (χ2v) is 8.12. The van der Waals surface area contributed by atoms with Crippen molar-refractivity contribution in [3.8, 4) is 22.8 Å². The number of hydrogen-bond donors (Lipinski definition) is 3. The summed E-state index contributed by atoms with van der Waals surface area (Å²) in [5.74, 6) is 2.75. The van der Waals surface area contributed by atoms with Gasteiger partial charge in [0.1, 0.15) is 34.4 Å². The molecular formula is C23H23N5O2. The van der Waals surface area contributed by atoms with Crippen molar-refractivity contribution in [3.63, 3.8) is 0 Å². The Morgan fingerprint density at radius 3 is 2.60 bits per heavy atom. The average molecular weight is 401 g/mol.